The number of hydrogen-bond acceptors (Lipinski definition) is 4. The molecule has 3 atom stereocenters. The van der Waals surface area contributed by atoms with Crippen molar-refractivity contribution in [1.29, 1.82) is 0 Å². The van der Waals surface area contributed by atoms with Gasteiger partial charge in [-0.3, -0.25) is 4.79 Å². The third kappa shape index (κ3) is 35.3. The molecule has 0 aliphatic rings. The number of allylic oxidation sites excluding steroid dienone is 2. The smallest absolute Gasteiger partial charge is 0.249 e. The van der Waals surface area contributed by atoms with Gasteiger partial charge in [0.1, 0.15) is 6.10 Å². The zero-order valence-electron chi connectivity index (χ0n) is 33.1. The minimum atomic E-state index is -1.08. The summed E-state index contributed by atoms with van der Waals surface area (Å²) >= 11 is 0. The summed E-state index contributed by atoms with van der Waals surface area (Å²) in [6.07, 6.45) is 46.4. The standard InChI is InChI=1S/C44H87NO4/c1-3-5-7-9-11-13-15-17-19-20-21-22-23-24-25-27-29-31-33-35-37-39-43(48)44(49)45-41(40-46)42(47)38-36-34-32-30-28-26-18-16-14-12-10-8-6-4-2/h23-24,41-43,46-48H,3-22,25-40H2,1-2H3,(H,45,49)/b24-23-. The van der Waals surface area contributed by atoms with Crippen LogP contribution in [0, 0.1) is 0 Å². The third-order valence-electron chi connectivity index (χ3n) is 10.4. The zero-order valence-corrected chi connectivity index (χ0v) is 33.1. The Morgan fingerprint density at radius 1 is 0.469 bits per heavy atom. The molecule has 3 unspecified atom stereocenters. The molecule has 0 spiro atoms. The fraction of sp³-hybridized carbons (Fsp3) is 0.932. The van der Waals surface area contributed by atoms with Crippen LogP contribution in [0.25, 0.3) is 0 Å². The number of unbranched alkanes of at least 4 members (excludes halogenated alkanes) is 30. The van der Waals surface area contributed by atoms with Gasteiger partial charge in [-0.1, -0.05) is 212 Å². The van der Waals surface area contributed by atoms with E-state index >= 15 is 0 Å². The fourth-order valence-electron chi connectivity index (χ4n) is 6.89. The van der Waals surface area contributed by atoms with E-state index in [9.17, 15) is 20.1 Å². The van der Waals surface area contributed by atoms with Crippen LogP contribution in [-0.2, 0) is 4.79 Å². The van der Waals surface area contributed by atoms with Crippen molar-refractivity contribution in [2.24, 2.45) is 0 Å². The summed E-state index contributed by atoms with van der Waals surface area (Å²) < 4.78 is 0. The van der Waals surface area contributed by atoms with Gasteiger partial charge in [0, 0.05) is 0 Å². The Balaban J connectivity index is 3.61. The van der Waals surface area contributed by atoms with Gasteiger partial charge >= 0.3 is 0 Å². The van der Waals surface area contributed by atoms with E-state index in [1.54, 1.807) is 0 Å². The second kappa shape index (κ2) is 39.9. The van der Waals surface area contributed by atoms with E-state index in [0.717, 1.165) is 32.1 Å². The molecule has 49 heavy (non-hydrogen) atoms. The van der Waals surface area contributed by atoms with Gasteiger partial charge in [0.05, 0.1) is 18.8 Å². The fourth-order valence-corrected chi connectivity index (χ4v) is 6.89. The summed E-state index contributed by atoms with van der Waals surface area (Å²) in [4.78, 5) is 12.5. The van der Waals surface area contributed by atoms with Crippen LogP contribution < -0.4 is 5.32 Å². The van der Waals surface area contributed by atoms with Crippen LogP contribution in [0.15, 0.2) is 12.2 Å². The first-order chi connectivity index (χ1) is 24.1. The van der Waals surface area contributed by atoms with Gasteiger partial charge in [0.25, 0.3) is 0 Å². The van der Waals surface area contributed by atoms with E-state index in [1.807, 2.05) is 0 Å². The molecule has 1 amide bonds. The molecule has 0 rings (SSSR count). The van der Waals surface area contributed by atoms with E-state index < -0.39 is 24.2 Å². The van der Waals surface area contributed by atoms with E-state index in [-0.39, 0.29) is 6.61 Å². The van der Waals surface area contributed by atoms with Gasteiger partial charge in [-0.25, -0.2) is 0 Å². The second-order valence-electron chi connectivity index (χ2n) is 15.3. The first-order valence-electron chi connectivity index (χ1n) is 22.0. The number of hydrogen-bond donors (Lipinski definition) is 4. The summed E-state index contributed by atoms with van der Waals surface area (Å²) in [5, 5.41) is 33.3. The van der Waals surface area contributed by atoms with Crippen LogP contribution in [-0.4, -0.2) is 46.1 Å². The molecule has 4 N–H and O–H groups in total. The maximum Gasteiger partial charge on any atom is 0.249 e. The number of rotatable bonds is 40. The average molecular weight is 694 g/mol. The molecule has 0 fully saturated rings. The van der Waals surface area contributed by atoms with Crippen LogP contribution in [0.3, 0.4) is 0 Å². The van der Waals surface area contributed by atoms with Crippen LogP contribution >= 0.6 is 0 Å². The largest absolute Gasteiger partial charge is 0.394 e. The number of aliphatic hydroxyl groups is 3. The summed E-state index contributed by atoms with van der Waals surface area (Å²) in [7, 11) is 0. The SMILES string of the molecule is CCCCCCCCCCCCC/C=C\CCCCCCCCC(O)C(=O)NC(CO)C(O)CCCCCCCCCCCCCCCC. The summed E-state index contributed by atoms with van der Waals surface area (Å²) in [5.74, 6) is -0.473. The van der Waals surface area contributed by atoms with E-state index in [2.05, 4.69) is 31.3 Å². The van der Waals surface area contributed by atoms with Crippen molar-refractivity contribution in [3.05, 3.63) is 12.2 Å². The molecular formula is C44H87NO4. The van der Waals surface area contributed by atoms with Crippen molar-refractivity contribution in [1.82, 2.24) is 5.32 Å². The Morgan fingerprint density at radius 3 is 1.12 bits per heavy atom. The summed E-state index contributed by atoms with van der Waals surface area (Å²) in [5.41, 5.74) is 0. The first kappa shape index (κ1) is 48.1. The lowest BCUT2D eigenvalue weighted by Gasteiger charge is -2.23. The molecule has 0 aromatic carbocycles. The highest BCUT2D eigenvalue weighted by Crippen LogP contribution is 2.16. The Labute approximate surface area is 306 Å². The molecule has 0 saturated carbocycles. The van der Waals surface area contributed by atoms with E-state index in [0.29, 0.717) is 12.8 Å². The molecule has 0 aromatic rings. The van der Waals surface area contributed by atoms with Crippen molar-refractivity contribution in [2.75, 3.05) is 6.61 Å². The van der Waals surface area contributed by atoms with Gasteiger partial charge in [0.2, 0.25) is 5.91 Å². The molecule has 0 radical (unpaired) electrons. The van der Waals surface area contributed by atoms with Gasteiger partial charge in [-0.05, 0) is 38.5 Å². The van der Waals surface area contributed by atoms with Gasteiger partial charge in [-0.2, -0.15) is 0 Å². The van der Waals surface area contributed by atoms with Crippen molar-refractivity contribution in [3.63, 3.8) is 0 Å². The maximum absolute atomic E-state index is 12.5. The lowest BCUT2D eigenvalue weighted by Crippen LogP contribution is -2.49. The van der Waals surface area contributed by atoms with Gasteiger partial charge in [0.15, 0.2) is 0 Å². The highest BCUT2D eigenvalue weighted by Gasteiger charge is 2.23. The summed E-state index contributed by atoms with van der Waals surface area (Å²) in [6.45, 7) is 4.24. The molecule has 5 heteroatoms. The number of nitrogens with one attached hydrogen (secondary N) is 1. The zero-order chi connectivity index (χ0) is 35.9. The average Bonchev–Trinajstić information content (AvgIpc) is 3.11. The monoisotopic (exact) mass is 694 g/mol. The predicted molar refractivity (Wildman–Crippen MR) is 213 cm³/mol. The Bertz CT molecular complexity index is 684. The lowest BCUT2D eigenvalue weighted by atomic mass is 10.0. The molecule has 0 aliphatic carbocycles. The molecular weight excluding hydrogens is 606 g/mol. The topological polar surface area (TPSA) is 89.8 Å². The molecule has 0 heterocycles. The van der Waals surface area contributed by atoms with Crippen LogP contribution in [0.5, 0.6) is 0 Å². The number of carbonyl (C=O) groups excluding carboxylic acids is 1. The molecule has 0 aromatic heterocycles. The van der Waals surface area contributed by atoms with Crippen molar-refractivity contribution in [2.45, 2.75) is 257 Å². The summed E-state index contributed by atoms with van der Waals surface area (Å²) in [6, 6.07) is -0.710. The Morgan fingerprint density at radius 2 is 0.776 bits per heavy atom. The highest BCUT2D eigenvalue weighted by atomic mass is 16.3. The second-order valence-corrected chi connectivity index (χ2v) is 15.3. The number of carbonyl (C=O) groups is 1. The van der Waals surface area contributed by atoms with Gasteiger partial charge < -0.3 is 20.6 Å². The van der Waals surface area contributed by atoms with Crippen LogP contribution in [0.1, 0.15) is 239 Å². The van der Waals surface area contributed by atoms with Crippen LogP contribution in [0.2, 0.25) is 0 Å². The van der Waals surface area contributed by atoms with E-state index in [4.69, 9.17) is 0 Å². The third-order valence-corrected chi connectivity index (χ3v) is 10.4. The quantitative estimate of drug-likeness (QED) is 0.0380. The van der Waals surface area contributed by atoms with Crippen molar-refractivity contribution < 1.29 is 20.1 Å². The Hall–Kier alpha value is -0.910. The van der Waals surface area contributed by atoms with Crippen LogP contribution in [0.4, 0.5) is 0 Å². The molecule has 5 nitrogen and oxygen atoms in total. The molecule has 292 valence electrons. The number of amides is 1. The molecule has 0 bridgehead atoms. The normalized spacial score (nSPS) is 13.7. The predicted octanol–water partition coefficient (Wildman–Crippen LogP) is 12.4. The lowest BCUT2D eigenvalue weighted by molar-refractivity contribution is -0.131. The van der Waals surface area contributed by atoms with E-state index in [1.165, 1.54) is 180 Å². The number of aliphatic hydroxyl groups excluding tert-OH is 3. The highest BCUT2D eigenvalue weighted by molar-refractivity contribution is 5.80. The minimum absolute atomic E-state index is 0.313. The molecule has 0 aliphatic heterocycles. The minimum Gasteiger partial charge on any atom is -0.394 e. The van der Waals surface area contributed by atoms with Gasteiger partial charge in [-0.15, -0.1) is 0 Å². The van der Waals surface area contributed by atoms with Crippen molar-refractivity contribution in [3.8, 4) is 0 Å². The molecule has 0 saturated heterocycles. The first-order valence-corrected chi connectivity index (χ1v) is 22.0. The van der Waals surface area contributed by atoms with Crippen molar-refractivity contribution >= 4 is 5.91 Å². The Kier molecular flexibility index (Phi) is 39.1. The maximum atomic E-state index is 12.5.